The van der Waals surface area contributed by atoms with Crippen molar-refractivity contribution >= 4 is 0 Å². The van der Waals surface area contributed by atoms with Crippen LogP contribution in [0.15, 0.2) is 12.4 Å². The molecule has 2 heterocycles. The zero-order chi connectivity index (χ0) is 11.5. The van der Waals surface area contributed by atoms with Crippen LogP contribution in [0.1, 0.15) is 31.6 Å². The highest BCUT2D eigenvalue weighted by Gasteiger charge is 2.20. The molecule has 16 heavy (non-hydrogen) atoms. The van der Waals surface area contributed by atoms with Crippen molar-refractivity contribution < 1.29 is 0 Å². The smallest absolute Gasteiger partial charge is 0.125 e. The summed E-state index contributed by atoms with van der Waals surface area (Å²) in [4.78, 5) is 6.78. The van der Waals surface area contributed by atoms with Crippen LogP contribution in [0.4, 0.5) is 0 Å². The van der Waals surface area contributed by atoms with E-state index in [-0.39, 0.29) is 0 Å². The second-order valence-corrected chi connectivity index (χ2v) is 4.89. The fourth-order valence-electron chi connectivity index (χ4n) is 2.52. The van der Waals surface area contributed by atoms with Crippen molar-refractivity contribution in [1.29, 1.82) is 0 Å². The van der Waals surface area contributed by atoms with E-state index >= 15 is 0 Å². The van der Waals surface area contributed by atoms with E-state index in [0.717, 1.165) is 12.4 Å². The van der Waals surface area contributed by atoms with Gasteiger partial charge in [-0.3, -0.25) is 0 Å². The van der Waals surface area contributed by atoms with Crippen molar-refractivity contribution in [1.82, 2.24) is 19.8 Å². The fourth-order valence-corrected chi connectivity index (χ4v) is 2.52. The van der Waals surface area contributed by atoms with Gasteiger partial charge in [0.25, 0.3) is 0 Å². The van der Waals surface area contributed by atoms with Gasteiger partial charge in [0.1, 0.15) is 5.82 Å². The third-order valence-corrected chi connectivity index (χ3v) is 3.36. The molecule has 2 rings (SSSR count). The zero-order valence-corrected chi connectivity index (χ0v) is 10.5. The molecule has 1 aliphatic heterocycles. The van der Waals surface area contributed by atoms with Crippen LogP contribution in [0.5, 0.6) is 0 Å². The van der Waals surface area contributed by atoms with Crippen molar-refractivity contribution in [3.05, 3.63) is 18.2 Å². The highest BCUT2D eigenvalue weighted by molar-refractivity contribution is 4.98. The molecule has 1 saturated heterocycles. The molecule has 0 radical (unpaired) electrons. The summed E-state index contributed by atoms with van der Waals surface area (Å²) in [6.45, 7) is 4.57. The van der Waals surface area contributed by atoms with E-state index < -0.39 is 0 Å². The minimum atomic E-state index is 0.330. The maximum atomic E-state index is 4.39. The Morgan fingerprint density at radius 3 is 2.94 bits per heavy atom. The summed E-state index contributed by atoms with van der Waals surface area (Å²) in [5.41, 5.74) is 0. The fraction of sp³-hybridized carbons (Fsp3) is 0.750. The Kier molecular flexibility index (Phi) is 3.61. The summed E-state index contributed by atoms with van der Waals surface area (Å²) < 4.78 is 2.09. The molecule has 1 aromatic rings. The molecule has 0 aromatic carbocycles. The molecule has 1 N–H and O–H groups in total. The SMILES string of the molecule is CC(NC1CCCN(C)C1)c1nccn1C. The molecule has 2 unspecified atom stereocenters. The first-order chi connectivity index (χ1) is 7.66. The van der Waals surface area contributed by atoms with Crippen LogP contribution in [0.25, 0.3) is 0 Å². The Balaban J connectivity index is 1.92. The van der Waals surface area contributed by atoms with Gasteiger partial charge in [-0.1, -0.05) is 0 Å². The highest BCUT2D eigenvalue weighted by atomic mass is 15.2. The van der Waals surface area contributed by atoms with Gasteiger partial charge in [-0.25, -0.2) is 4.98 Å². The van der Waals surface area contributed by atoms with Gasteiger partial charge in [-0.2, -0.15) is 0 Å². The summed E-state index contributed by atoms with van der Waals surface area (Å²) >= 11 is 0. The second-order valence-electron chi connectivity index (χ2n) is 4.89. The van der Waals surface area contributed by atoms with E-state index in [4.69, 9.17) is 0 Å². The molecule has 0 amide bonds. The minimum absolute atomic E-state index is 0.330. The molecule has 4 nitrogen and oxygen atoms in total. The monoisotopic (exact) mass is 222 g/mol. The van der Waals surface area contributed by atoms with E-state index in [1.807, 2.05) is 19.4 Å². The Morgan fingerprint density at radius 2 is 2.31 bits per heavy atom. The quantitative estimate of drug-likeness (QED) is 0.833. The van der Waals surface area contributed by atoms with E-state index in [1.54, 1.807) is 0 Å². The summed E-state index contributed by atoms with van der Waals surface area (Å²) in [5, 5.41) is 3.67. The molecule has 0 spiro atoms. The van der Waals surface area contributed by atoms with Crippen LogP contribution in [0.2, 0.25) is 0 Å². The topological polar surface area (TPSA) is 33.1 Å². The molecular weight excluding hydrogens is 200 g/mol. The van der Waals surface area contributed by atoms with Crippen LogP contribution in [-0.2, 0) is 7.05 Å². The number of rotatable bonds is 3. The van der Waals surface area contributed by atoms with Crippen LogP contribution < -0.4 is 5.32 Å². The van der Waals surface area contributed by atoms with Crippen LogP contribution in [-0.4, -0.2) is 40.6 Å². The lowest BCUT2D eigenvalue weighted by Crippen LogP contribution is -2.45. The van der Waals surface area contributed by atoms with Gasteiger partial charge in [-0.05, 0) is 33.4 Å². The number of nitrogens with one attached hydrogen (secondary N) is 1. The standard InChI is InChI=1S/C12H22N4/c1-10(12-13-6-8-16(12)3)14-11-5-4-7-15(2)9-11/h6,8,10-11,14H,4-5,7,9H2,1-3H3. The predicted octanol–water partition coefficient (Wildman–Crippen LogP) is 1.16. The van der Waals surface area contributed by atoms with Crippen molar-refractivity contribution in [2.24, 2.45) is 7.05 Å². The van der Waals surface area contributed by atoms with Gasteiger partial charge in [0, 0.05) is 32.0 Å². The number of aryl methyl sites for hydroxylation is 1. The van der Waals surface area contributed by atoms with Gasteiger partial charge < -0.3 is 14.8 Å². The van der Waals surface area contributed by atoms with Crippen LogP contribution in [0.3, 0.4) is 0 Å². The first-order valence-corrected chi connectivity index (χ1v) is 6.08. The maximum absolute atomic E-state index is 4.39. The molecule has 1 fully saturated rings. The molecule has 0 bridgehead atoms. The maximum Gasteiger partial charge on any atom is 0.125 e. The average Bonchev–Trinajstić information content (AvgIpc) is 2.64. The number of imidazole rings is 1. The van der Waals surface area contributed by atoms with Gasteiger partial charge in [0.05, 0.1) is 6.04 Å². The third kappa shape index (κ3) is 2.62. The Labute approximate surface area is 97.7 Å². The summed E-state index contributed by atoms with van der Waals surface area (Å²) in [6.07, 6.45) is 6.43. The first-order valence-electron chi connectivity index (χ1n) is 6.08. The van der Waals surface area contributed by atoms with Crippen molar-refractivity contribution in [3.63, 3.8) is 0 Å². The molecule has 0 aliphatic carbocycles. The van der Waals surface area contributed by atoms with Crippen molar-refractivity contribution in [2.45, 2.75) is 31.8 Å². The average molecular weight is 222 g/mol. The number of likely N-dealkylation sites (tertiary alicyclic amines) is 1. The number of hydrogen-bond donors (Lipinski definition) is 1. The lowest BCUT2D eigenvalue weighted by molar-refractivity contribution is 0.217. The van der Waals surface area contributed by atoms with Crippen molar-refractivity contribution in [3.8, 4) is 0 Å². The number of nitrogens with zero attached hydrogens (tertiary/aromatic N) is 3. The second kappa shape index (κ2) is 4.97. The minimum Gasteiger partial charge on any atom is -0.337 e. The van der Waals surface area contributed by atoms with Gasteiger partial charge in [0.15, 0.2) is 0 Å². The first kappa shape index (κ1) is 11.6. The predicted molar refractivity (Wildman–Crippen MR) is 65.3 cm³/mol. The lowest BCUT2D eigenvalue weighted by atomic mass is 10.1. The summed E-state index contributed by atoms with van der Waals surface area (Å²) in [6, 6.07) is 0.932. The zero-order valence-electron chi connectivity index (χ0n) is 10.5. The molecule has 1 aromatic heterocycles. The number of likely N-dealkylation sites (N-methyl/N-ethyl adjacent to an activating group) is 1. The highest BCUT2D eigenvalue weighted by Crippen LogP contribution is 2.14. The molecule has 1 aliphatic rings. The van der Waals surface area contributed by atoms with Crippen LogP contribution in [0, 0.1) is 0 Å². The molecule has 0 saturated carbocycles. The third-order valence-electron chi connectivity index (χ3n) is 3.36. The van der Waals surface area contributed by atoms with E-state index in [0.29, 0.717) is 12.1 Å². The lowest BCUT2D eigenvalue weighted by Gasteiger charge is -2.32. The Hall–Kier alpha value is -0.870. The number of hydrogen-bond acceptors (Lipinski definition) is 3. The van der Waals surface area contributed by atoms with E-state index in [2.05, 4.69) is 33.7 Å². The van der Waals surface area contributed by atoms with Crippen molar-refractivity contribution in [2.75, 3.05) is 20.1 Å². The molecular formula is C12H22N4. The summed E-state index contributed by atoms with van der Waals surface area (Å²) in [5.74, 6) is 1.12. The number of aromatic nitrogens is 2. The number of piperidine rings is 1. The molecule has 4 heteroatoms. The molecule has 90 valence electrons. The van der Waals surface area contributed by atoms with E-state index in [9.17, 15) is 0 Å². The Bertz CT molecular complexity index is 334. The van der Waals surface area contributed by atoms with Gasteiger partial charge in [0.2, 0.25) is 0 Å². The molecule has 2 atom stereocenters. The summed E-state index contributed by atoms with van der Waals surface area (Å²) in [7, 11) is 4.24. The largest absolute Gasteiger partial charge is 0.337 e. The van der Waals surface area contributed by atoms with Crippen LogP contribution >= 0.6 is 0 Å². The van der Waals surface area contributed by atoms with Gasteiger partial charge in [-0.15, -0.1) is 0 Å². The Morgan fingerprint density at radius 1 is 1.50 bits per heavy atom. The van der Waals surface area contributed by atoms with E-state index in [1.165, 1.54) is 19.4 Å². The van der Waals surface area contributed by atoms with Gasteiger partial charge >= 0.3 is 0 Å². The normalized spacial score (nSPS) is 24.6.